The van der Waals surface area contributed by atoms with Gasteiger partial charge < -0.3 is 9.84 Å². The average Bonchev–Trinajstić information content (AvgIpc) is 2.60. The summed E-state index contributed by atoms with van der Waals surface area (Å²) in [6.07, 6.45) is 8.00. The van der Waals surface area contributed by atoms with Crippen molar-refractivity contribution in [2.45, 2.75) is 64.9 Å². The van der Waals surface area contributed by atoms with Gasteiger partial charge in [-0.3, -0.25) is 0 Å². The van der Waals surface area contributed by atoms with Crippen LogP contribution in [0.2, 0.25) is 0 Å². The third-order valence-corrected chi connectivity index (χ3v) is 6.87. The van der Waals surface area contributed by atoms with Crippen molar-refractivity contribution >= 4 is 12.0 Å². The van der Waals surface area contributed by atoms with Crippen molar-refractivity contribution in [2.75, 3.05) is 7.11 Å². The fraction of sp³-hybridized carbons (Fsp3) is 0.609. The Balaban J connectivity index is 1.90. The lowest BCUT2D eigenvalue weighted by Crippen LogP contribution is -2.51. The first-order valence-electron chi connectivity index (χ1n) is 9.84. The second-order valence-corrected chi connectivity index (χ2v) is 8.89. The fourth-order valence-electron chi connectivity index (χ4n) is 5.28. The lowest BCUT2D eigenvalue weighted by atomic mass is 9.53. The molecule has 0 aliphatic heterocycles. The average molecular weight is 357 g/mol. The molecule has 3 rings (SSSR count). The molecular formula is C23H32O3. The molecule has 0 saturated heterocycles. The second kappa shape index (κ2) is 7.19. The molecule has 0 heterocycles. The first-order chi connectivity index (χ1) is 12.2. The van der Waals surface area contributed by atoms with Gasteiger partial charge in [0.25, 0.3) is 0 Å². The zero-order valence-electron chi connectivity index (χ0n) is 16.5. The van der Waals surface area contributed by atoms with Gasteiger partial charge in [0.1, 0.15) is 0 Å². The van der Waals surface area contributed by atoms with Crippen LogP contribution < -0.4 is 0 Å². The van der Waals surface area contributed by atoms with Crippen molar-refractivity contribution in [2.24, 2.45) is 17.3 Å². The van der Waals surface area contributed by atoms with Crippen LogP contribution in [0.3, 0.4) is 0 Å². The van der Waals surface area contributed by atoms with Gasteiger partial charge in [-0.05, 0) is 74.8 Å². The quantitative estimate of drug-likeness (QED) is 0.618. The van der Waals surface area contributed by atoms with E-state index < -0.39 is 5.60 Å². The van der Waals surface area contributed by atoms with Gasteiger partial charge in [-0.2, -0.15) is 0 Å². The van der Waals surface area contributed by atoms with E-state index in [0.29, 0.717) is 0 Å². The third kappa shape index (κ3) is 3.73. The number of fused-ring (bicyclic) bond motifs is 1. The number of rotatable bonds is 3. The summed E-state index contributed by atoms with van der Waals surface area (Å²) >= 11 is 0. The molecule has 3 heteroatoms. The molecule has 1 aromatic rings. The molecule has 1 aromatic carbocycles. The summed E-state index contributed by atoms with van der Waals surface area (Å²) in [5, 5.41) is 11.0. The van der Waals surface area contributed by atoms with Crippen molar-refractivity contribution < 1.29 is 14.6 Å². The zero-order valence-corrected chi connectivity index (χ0v) is 16.5. The van der Waals surface area contributed by atoms with Crippen LogP contribution in [0.15, 0.2) is 29.8 Å². The van der Waals surface area contributed by atoms with Gasteiger partial charge in [0, 0.05) is 5.57 Å². The molecule has 0 radical (unpaired) electrons. The van der Waals surface area contributed by atoms with Crippen LogP contribution in [0, 0.1) is 24.2 Å². The van der Waals surface area contributed by atoms with Crippen molar-refractivity contribution in [3.8, 4) is 0 Å². The maximum absolute atomic E-state index is 12.5. The predicted octanol–water partition coefficient (Wildman–Crippen LogP) is 4.91. The minimum atomic E-state index is -0.642. The summed E-state index contributed by atoms with van der Waals surface area (Å²) in [6, 6.07) is 8.21. The molecular weight excluding hydrogens is 324 g/mol. The molecule has 0 spiro atoms. The lowest BCUT2D eigenvalue weighted by molar-refractivity contribution is -0.139. The summed E-state index contributed by atoms with van der Waals surface area (Å²) in [6.45, 7) is 6.36. The number of carbonyl (C=O) groups excluding carboxylic acids is 1. The SMILES string of the molecule is COC(=O)/C(=C/c1ccc(C)cc1)[C@@H]1CC[C@@]2(C)CCC[C@@](C)(O)[C@@H]2C1. The number of esters is 1. The molecule has 0 bridgehead atoms. The van der Waals surface area contributed by atoms with E-state index in [4.69, 9.17) is 4.74 Å². The molecule has 0 aromatic heterocycles. The molecule has 3 nitrogen and oxygen atoms in total. The maximum atomic E-state index is 12.5. The predicted molar refractivity (Wildman–Crippen MR) is 105 cm³/mol. The van der Waals surface area contributed by atoms with E-state index in [2.05, 4.69) is 26.0 Å². The van der Waals surface area contributed by atoms with E-state index >= 15 is 0 Å². The van der Waals surface area contributed by atoms with Gasteiger partial charge in [-0.1, -0.05) is 43.2 Å². The van der Waals surface area contributed by atoms with E-state index in [1.165, 1.54) is 19.1 Å². The Morgan fingerprint density at radius 1 is 1.19 bits per heavy atom. The molecule has 0 amide bonds. The molecule has 2 saturated carbocycles. The number of aliphatic hydroxyl groups is 1. The zero-order chi connectivity index (χ0) is 18.9. The standard InChI is InChI=1S/C23H32O3/c1-16-6-8-17(9-7-16)14-19(21(24)26-4)18-10-13-22(2)11-5-12-23(3,25)20(22)15-18/h6-9,14,18,20,25H,5,10-13,15H2,1-4H3/b19-14+/t18-,20-,22-,23-/m1/s1. The Hall–Kier alpha value is -1.61. The molecule has 142 valence electrons. The van der Waals surface area contributed by atoms with E-state index in [0.717, 1.165) is 43.2 Å². The molecule has 2 aliphatic rings. The van der Waals surface area contributed by atoms with Crippen molar-refractivity contribution in [1.29, 1.82) is 0 Å². The monoisotopic (exact) mass is 356 g/mol. The fourth-order valence-corrected chi connectivity index (χ4v) is 5.28. The van der Waals surface area contributed by atoms with Crippen LogP contribution >= 0.6 is 0 Å². The van der Waals surface area contributed by atoms with Crippen LogP contribution in [-0.4, -0.2) is 23.8 Å². The Labute approximate surface area is 157 Å². The van der Waals surface area contributed by atoms with Crippen molar-refractivity contribution in [3.63, 3.8) is 0 Å². The van der Waals surface area contributed by atoms with E-state index in [1.807, 2.05) is 25.1 Å². The van der Waals surface area contributed by atoms with Gasteiger partial charge in [0.15, 0.2) is 0 Å². The summed E-state index contributed by atoms with van der Waals surface area (Å²) < 4.78 is 5.10. The van der Waals surface area contributed by atoms with E-state index in [1.54, 1.807) is 0 Å². The van der Waals surface area contributed by atoms with Gasteiger partial charge in [0.2, 0.25) is 0 Å². The molecule has 2 aliphatic carbocycles. The summed E-state index contributed by atoms with van der Waals surface area (Å²) in [4.78, 5) is 12.5. The van der Waals surface area contributed by atoms with Gasteiger partial charge in [-0.15, -0.1) is 0 Å². The van der Waals surface area contributed by atoms with Crippen molar-refractivity contribution in [1.82, 2.24) is 0 Å². The van der Waals surface area contributed by atoms with Crippen LogP contribution in [0.5, 0.6) is 0 Å². The summed E-state index contributed by atoms with van der Waals surface area (Å²) in [5.74, 6) is 0.134. The Kier molecular flexibility index (Phi) is 5.30. The van der Waals surface area contributed by atoms with E-state index in [9.17, 15) is 9.90 Å². The molecule has 4 atom stereocenters. The molecule has 0 unspecified atom stereocenters. The molecule has 1 N–H and O–H groups in total. The van der Waals surface area contributed by atoms with Crippen LogP contribution in [0.4, 0.5) is 0 Å². The third-order valence-electron chi connectivity index (χ3n) is 6.87. The highest BCUT2D eigenvalue weighted by Crippen LogP contribution is 2.56. The topological polar surface area (TPSA) is 46.5 Å². The Morgan fingerprint density at radius 2 is 1.88 bits per heavy atom. The highest BCUT2D eigenvalue weighted by atomic mass is 16.5. The number of benzene rings is 1. The van der Waals surface area contributed by atoms with Crippen LogP contribution in [0.25, 0.3) is 6.08 Å². The summed E-state index contributed by atoms with van der Waals surface area (Å²) in [5.41, 5.74) is 2.52. The number of aryl methyl sites for hydroxylation is 1. The molecule has 26 heavy (non-hydrogen) atoms. The number of hydrogen-bond acceptors (Lipinski definition) is 3. The van der Waals surface area contributed by atoms with E-state index in [-0.39, 0.29) is 23.2 Å². The maximum Gasteiger partial charge on any atom is 0.334 e. The second-order valence-electron chi connectivity index (χ2n) is 8.89. The number of hydrogen-bond donors (Lipinski definition) is 1. The summed E-state index contributed by atoms with van der Waals surface area (Å²) in [7, 11) is 1.45. The lowest BCUT2D eigenvalue weighted by Gasteiger charge is -2.54. The Bertz CT molecular complexity index is 686. The number of ether oxygens (including phenoxy) is 1. The largest absolute Gasteiger partial charge is 0.466 e. The first kappa shape index (κ1) is 19.2. The first-order valence-corrected chi connectivity index (χ1v) is 9.84. The minimum absolute atomic E-state index is 0.145. The van der Waals surface area contributed by atoms with Crippen LogP contribution in [-0.2, 0) is 9.53 Å². The number of methoxy groups -OCH3 is 1. The smallest absolute Gasteiger partial charge is 0.334 e. The highest BCUT2D eigenvalue weighted by molar-refractivity contribution is 5.94. The van der Waals surface area contributed by atoms with Gasteiger partial charge in [0.05, 0.1) is 12.7 Å². The van der Waals surface area contributed by atoms with Gasteiger partial charge >= 0.3 is 5.97 Å². The van der Waals surface area contributed by atoms with Gasteiger partial charge in [-0.25, -0.2) is 4.79 Å². The Morgan fingerprint density at radius 3 is 2.54 bits per heavy atom. The highest BCUT2D eigenvalue weighted by Gasteiger charge is 2.51. The van der Waals surface area contributed by atoms with Crippen LogP contribution in [0.1, 0.15) is 63.5 Å². The molecule has 2 fully saturated rings. The van der Waals surface area contributed by atoms with Crippen molar-refractivity contribution in [3.05, 3.63) is 41.0 Å². The number of carbonyl (C=O) groups is 1. The normalized spacial score (nSPS) is 34.9. The minimum Gasteiger partial charge on any atom is -0.466 e.